The van der Waals surface area contributed by atoms with E-state index in [0.717, 1.165) is 24.1 Å². The van der Waals surface area contributed by atoms with Crippen molar-refractivity contribution in [2.45, 2.75) is 38.1 Å². The Kier molecular flexibility index (Phi) is 4.28. The van der Waals surface area contributed by atoms with Gasteiger partial charge in [0.25, 0.3) is 0 Å². The summed E-state index contributed by atoms with van der Waals surface area (Å²) in [5.74, 6) is 0. The highest BCUT2D eigenvalue weighted by atomic mass is 32.2. The Morgan fingerprint density at radius 2 is 2.00 bits per heavy atom. The first-order valence-electron chi connectivity index (χ1n) is 6.73. The van der Waals surface area contributed by atoms with Crippen LogP contribution in [0.2, 0.25) is 0 Å². The second-order valence-electron chi connectivity index (χ2n) is 5.27. The van der Waals surface area contributed by atoms with Gasteiger partial charge < -0.3 is 5.32 Å². The molecule has 1 heterocycles. The van der Waals surface area contributed by atoms with Gasteiger partial charge in [0.15, 0.2) is 0 Å². The third-order valence-electron chi connectivity index (χ3n) is 3.75. The average molecular weight is 282 g/mol. The minimum atomic E-state index is -3.38. The zero-order valence-electron chi connectivity index (χ0n) is 11.8. The predicted molar refractivity (Wildman–Crippen MR) is 76.8 cm³/mol. The lowest BCUT2D eigenvalue weighted by Crippen LogP contribution is -2.41. The van der Waals surface area contributed by atoms with Gasteiger partial charge in [0.1, 0.15) is 0 Å². The summed E-state index contributed by atoms with van der Waals surface area (Å²) in [6.45, 7) is 8.07. The van der Waals surface area contributed by atoms with E-state index in [9.17, 15) is 8.42 Å². The summed E-state index contributed by atoms with van der Waals surface area (Å²) in [6, 6.07) is 5.36. The van der Waals surface area contributed by atoms with Crippen LogP contribution in [0, 0.1) is 13.8 Å². The Balaban J connectivity index is 2.37. The number of nitrogens with zero attached hydrogens (tertiary/aromatic N) is 1. The van der Waals surface area contributed by atoms with Gasteiger partial charge in [-0.1, -0.05) is 6.07 Å². The Morgan fingerprint density at radius 1 is 1.26 bits per heavy atom. The van der Waals surface area contributed by atoms with E-state index in [1.165, 1.54) is 0 Å². The van der Waals surface area contributed by atoms with E-state index in [1.807, 2.05) is 26.8 Å². The summed E-state index contributed by atoms with van der Waals surface area (Å²) in [5.41, 5.74) is 2.13. The first-order valence-corrected chi connectivity index (χ1v) is 8.17. The highest BCUT2D eigenvalue weighted by molar-refractivity contribution is 7.89. The van der Waals surface area contributed by atoms with Crippen LogP contribution in [0.25, 0.3) is 0 Å². The fraction of sp³-hybridized carbons (Fsp3) is 0.571. The number of hydrogen-bond acceptors (Lipinski definition) is 3. The molecule has 0 saturated carbocycles. The van der Waals surface area contributed by atoms with Crippen molar-refractivity contribution < 1.29 is 8.42 Å². The summed E-state index contributed by atoms with van der Waals surface area (Å²) in [4.78, 5) is 0.407. The lowest BCUT2D eigenvalue weighted by molar-refractivity contribution is 0.353. The van der Waals surface area contributed by atoms with Crippen molar-refractivity contribution in [2.75, 3.05) is 19.6 Å². The van der Waals surface area contributed by atoms with Crippen molar-refractivity contribution >= 4 is 10.0 Å². The highest BCUT2D eigenvalue weighted by Gasteiger charge is 2.29. The molecule has 1 aliphatic heterocycles. The van der Waals surface area contributed by atoms with Crippen molar-refractivity contribution in [3.8, 4) is 0 Å². The van der Waals surface area contributed by atoms with Gasteiger partial charge >= 0.3 is 0 Å². The maximum Gasteiger partial charge on any atom is 0.243 e. The van der Waals surface area contributed by atoms with Crippen molar-refractivity contribution in [1.82, 2.24) is 9.62 Å². The normalized spacial score (nSPS) is 22.2. The van der Waals surface area contributed by atoms with Gasteiger partial charge in [-0.25, -0.2) is 8.42 Å². The van der Waals surface area contributed by atoms with Crippen LogP contribution >= 0.6 is 0 Å². The molecule has 19 heavy (non-hydrogen) atoms. The van der Waals surface area contributed by atoms with Crippen molar-refractivity contribution in [1.29, 1.82) is 0 Å². The third-order valence-corrected chi connectivity index (χ3v) is 5.76. The summed E-state index contributed by atoms with van der Waals surface area (Å²) in [7, 11) is -3.38. The van der Waals surface area contributed by atoms with E-state index in [2.05, 4.69) is 5.32 Å². The third kappa shape index (κ3) is 2.99. The summed E-state index contributed by atoms with van der Waals surface area (Å²) in [5, 5.41) is 3.26. The molecule has 1 fully saturated rings. The van der Waals surface area contributed by atoms with Gasteiger partial charge in [-0.2, -0.15) is 4.31 Å². The molecular weight excluding hydrogens is 260 g/mol. The van der Waals surface area contributed by atoms with Crippen LogP contribution < -0.4 is 5.32 Å². The lowest BCUT2D eigenvalue weighted by atomic mass is 10.1. The van der Waals surface area contributed by atoms with Gasteiger partial charge in [0, 0.05) is 19.1 Å². The van der Waals surface area contributed by atoms with Gasteiger partial charge in [0.05, 0.1) is 4.90 Å². The van der Waals surface area contributed by atoms with E-state index in [0.29, 0.717) is 18.0 Å². The fourth-order valence-electron chi connectivity index (χ4n) is 2.36. The highest BCUT2D eigenvalue weighted by Crippen LogP contribution is 2.21. The Hall–Kier alpha value is -0.910. The van der Waals surface area contributed by atoms with Gasteiger partial charge in [0.2, 0.25) is 10.0 Å². The maximum absolute atomic E-state index is 12.7. The zero-order valence-corrected chi connectivity index (χ0v) is 12.6. The molecule has 0 bridgehead atoms. The van der Waals surface area contributed by atoms with Crippen LogP contribution in [0.1, 0.15) is 24.5 Å². The molecule has 0 aromatic heterocycles. The van der Waals surface area contributed by atoms with Crippen LogP contribution in [0.3, 0.4) is 0 Å². The van der Waals surface area contributed by atoms with Crippen molar-refractivity contribution in [3.05, 3.63) is 29.3 Å². The predicted octanol–water partition coefficient (Wildman–Crippen LogP) is 1.68. The van der Waals surface area contributed by atoms with E-state index in [-0.39, 0.29) is 6.04 Å². The largest absolute Gasteiger partial charge is 0.315 e. The second kappa shape index (κ2) is 5.61. The van der Waals surface area contributed by atoms with Crippen LogP contribution in [0.5, 0.6) is 0 Å². The molecule has 1 saturated heterocycles. The Labute approximate surface area is 115 Å². The van der Waals surface area contributed by atoms with Crippen LogP contribution in [-0.2, 0) is 10.0 Å². The molecular formula is C14H22N2O2S. The lowest BCUT2D eigenvalue weighted by Gasteiger charge is -2.26. The van der Waals surface area contributed by atoms with E-state index < -0.39 is 10.0 Å². The first kappa shape index (κ1) is 14.5. The van der Waals surface area contributed by atoms with Crippen LogP contribution in [0.15, 0.2) is 23.1 Å². The van der Waals surface area contributed by atoms with E-state index in [1.54, 1.807) is 16.4 Å². The molecule has 0 spiro atoms. The smallest absolute Gasteiger partial charge is 0.243 e. The first-order chi connectivity index (χ1) is 8.93. The molecule has 1 unspecified atom stereocenters. The van der Waals surface area contributed by atoms with Crippen molar-refractivity contribution in [3.63, 3.8) is 0 Å². The number of rotatable bonds is 2. The molecule has 1 aromatic rings. The standard InChI is InChI=1S/C14H22N2O2S/c1-11-5-6-14(9-12(11)2)19(17,18)16-8-4-7-15-10-13(16)3/h5-6,9,13,15H,4,7-8,10H2,1-3H3. The maximum atomic E-state index is 12.7. The van der Waals surface area contributed by atoms with E-state index in [4.69, 9.17) is 0 Å². The van der Waals surface area contributed by atoms with E-state index >= 15 is 0 Å². The number of aryl methyl sites for hydroxylation is 2. The minimum absolute atomic E-state index is 0.00545. The van der Waals surface area contributed by atoms with Crippen LogP contribution in [0.4, 0.5) is 0 Å². The Morgan fingerprint density at radius 3 is 2.68 bits per heavy atom. The number of nitrogens with one attached hydrogen (secondary N) is 1. The van der Waals surface area contributed by atoms with Gasteiger partial charge in [-0.15, -0.1) is 0 Å². The second-order valence-corrected chi connectivity index (χ2v) is 7.16. The number of benzene rings is 1. The average Bonchev–Trinajstić information content (AvgIpc) is 2.57. The molecule has 0 aliphatic carbocycles. The summed E-state index contributed by atoms with van der Waals surface area (Å²) in [6.07, 6.45) is 0.856. The minimum Gasteiger partial charge on any atom is -0.315 e. The van der Waals surface area contributed by atoms with Gasteiger partial charge in [-0.05, 0) is 57.0 Å². The fourth-order valence-corrected chi connectivity index (χ4v) is 4.11. The molecule has 4 nitrogen and oxygen atoms in total. The Bertz CT molecular complexity index is 555. The molecule has 1 aromatic carbocycles. The van der Waals surface area contributed by atoms with Crippen molar-refractivity contribution in [2.24, 2.45) is 0 Å². The molecule has 2 rings (SSSR count). The molecule has 5 heteroatoms. The summed E-state index contributed by atoms with van der Waals surface area (Å²) >= 11 is 0. The van der Waals surface area contributed by atoms with Crippen LogP contribution in [-0.4, -0.2) is 38.4 Å². The molecule has 1 aliphatic rings. The number of sulfonamides is 1. The molecule has 0 radical (unpaired) electrons. The zero-order chi connectivity index (χ0) is 14.0. The molecule has 1 atom stereocenters. The monoisotopic (exact) mass is 282 g/mol. The molecule has 1 N–H and O–H groups in total. The summed E-state index contributed by atoms with van der Waals surface area (Å²) < 4.78 is 27.0. The SMILES string of the molecule is Cc1ccc(S(=O)(=O)N2CCCNCC2C)cc1C. The number of hydrogen-bond donors (Lipinski definition) is 1. The quantitative estimate of drug-likeness (QED) is 0.898. The molecule has 0 amide bonds. The van der Waals surface area contributed by atoms with Gasteiger partial charge in [-0.3, -0.25) is 0 Å². The molecule has 106 valence electrons. The topological polar surface area (TPSA) is 49.4 Å².